The number of hydrogen-bond acceptors (Lipinski definition) is 4. The van der Waals surface area contributed by atoms with Crippen molar-refractivity contribution >= 4 is 24.1 Å². The Morgan fingerprint density at radius 2 is 1.24 bits per heavy atom. The number of pyridine rings is 1. The average molecular weight is 606 g/mol. The van der Waals surface area contributed by atoms with Crippen LogP contribution in [0.3, 0.4) is 0 Å². The van der Waals surface area contributed by atoms with Gasteiger partial charge in [0, 0.05) is 0 Å². The molecule has 0 saturated carbocycles. The molecule has 7 aromatic rings. The molecule has 5 heteroatoms. The summed E-state index contributed by atoms with van der Waals surface area (Å²) in [7, 11) is 0. The van der Waals surface area contributed by atoms with Crippen LogP contribution < -0.4 is 0 Å². The molecule has 1 aliphatic carbocycles. The standard InChI is InChI=1S/C37H26N4Se/c1-22-23(2)34(38-29-21-26-17-9-10-18-27(26)31(22)29)33-35(25-15-7-4-8-16-25)39-41-40-36(33)37-32(24-13-5-3-6-14-24)28-19-11-12-20-30(28)42-37/h3-20H,21H2,1-2H3. The van der Waals surface area contributed by atoms with Gasteiger partial charge in [-0.05, 0) is 0 Å². The summed E-state index contributed by atoms with van der Waals surface area (Å²) in [6.45, 7) is 4.42. The van der Waals surface area contributed by atoms with E-state index in [1.807, 2.05) is 6.07 Å². The number of fused-ring (bicyclic) bond motifs is 4. The topological polar surface area (TPSA) is 51.6 Å². The van der Waals surface area contributed by atoms with Gasteiger partial charge in [0.05, 0.1) is 0 Å². The third-order valence-electron chi connectivity index (χ3n) is 8.39. The Balaban J connectivity index is 1.47. The summed E-state index contributed by atoms with van der Waals surface area (Å²) in [6.07, 6.45) is 0.828. The summed E-state index contributed by atoms with van der Waals surface area (Å²) < 4.78 is 2.58. The third kappa shape index (κ3) is 3.89. The van der Waals surface area contributed by atoms with Crippen LogP contribution in [0.1, 0.15) is 22.4 Å². The molecule has 200 valence electrons. The van der Waals surface area contributed by atoms with Crippen LogP contribution in [0.15, 0.2) is 109 Å². The fourth-order valence-corrected chi connectivity index (χ4v) is 8.84. The van der Waals surface area contributed by atoms with Gasteiger partial charge in [0.1, 0.15) is 0 Å². The molecule has 0 aliphatic heterocycles. The number of aromatic nitrogens is 4. The second-order valence-electron chi connectivity index (χ2n) is 10.8. The minimum absolute atomic E-state index is 0.0381. The number of rotatable bonds is 4. The van der Waals surface area contributed by atoms with Gasteiger partial charge >= 0.3 is 251 Å². The van der Waals surface area contributed by atoms with Crippen molar-refractivity contribution in [2.45, 2.75) is 20.3 Å². The molecule has 4 aromatic carbocycles. The molecule has 42 heavy (non-hydrogen) atoms. The zero-order valence-electron chi connectivity index (χ0n) is 23.3. The zero-order chi connectivity index (χ0) is 28.2. The van der Waals surface area contributed by atoms with E-state index in [0.29, 0.717) is 0 Å². The van der Waals surface area contributed by atoms with E-state index < -0.39 is 0 Å². The fraction of sp³-hybridized carbons (Fsp3) is 0.0811. The third-order valence-corrected chi connectivity index (χ3v) is 10.9. The molecule has 0 bridgehead atoms. The maximum atomic E-state index is 5.44. The minimum atomic E-state index is 0.0381. The van der Waals surface area contributed by atoms with E-state index >= 15 is 0 Å². The number of benzene rings is 4. The predicted octanol–water partition coefficient (Wildman–Crippen LogP) is 8.33. The summed E-state index contributed by atoms with van der Waals surface area (Å²) >= 11 is 0.0381. The predicted molar refractivity (Wildman–Crippen MR) is 172 cm³/mol. The fourth-order valence-electron chi connectivity index (χ4n) is 6.29. The molecule has 0 atom stereocenters. The van der Waals surface area contributed by atoms with Crippen LogP contribution in [0.2, 0.25) is 0 Å². The first-order chi connectivity index (χ1) is 20.7. The van der Waals surface area contributed by atoms with Crippen molar-refractivity contribution in [1.29, 1.82) is 0 Å². The molecule has 4 nitrogen and oxygen atoms in total. The van der Waals surface area contributed by atoms with E-state index in [1.165, 1.54) is 47.5 Å². The zero-order valence-corrected chi connectivity index (χ0v) is 25.0. The molecule has 8 rings (SSSR count). The first-order valence-corrected chi connectivity index (χ1v) is 15.8. The Labute approximate surface area is 250 Å². The van der Waals surface area contributed by atoms with Gasteiger partial charge in [-0.1, -0.05) is 0 Å². The molecular formula is C37H26N4Se. The Bertz CT molecular complexity index is 2130. The van der Waals surface area contributed by atoms with Gasteiger partial charge in [0.2, 0.25) is 0 Å². The van der Waals surface area contributed by atoms with E-state index in [4.69, 9.17) is 15.2 Å². The molecule has 0 unspecified atom stereocenters. The summed E-state index contributed by atoms with van der Waals surface area (Å²) in [5.41, 5.74) is 14.5. The molecule has 3 aromatic heterocycles. The summed E-state index contributed by atoms with van der Waals surface area (Å²) in [5, 5.41) is 15.2. The summed E-state index contributed by atoms with van der Waals surface area (Å²) in [6, 6.07) is 38.4. The molecular weight excluding hydrogens is 579 g/mol. The number of hydrogen-bond donors (Lipinski definition) is 0. The average Bonchev–Trinajstić information content (AvgIpc) is 3.62. The summed E-state index contributed by atoms with van der Waals surface area (Å²) in [5.74, 6) is 0. The van der Waals surface area contributed by atoms with E-state index in [0.717, 1.165) is 45.9 Å². The van der Waals surface area contributed by atoms with Gasteiger partial charge < -0.3 is 0 Å². The van der Waals surface area contributed by atoms with Gasteiger partial charge in [-0.15, -0.1) is 0 Å². The molecule has 0 amide bonds. The Kier molecular flexibility index (Phi) is 5.95. The maximum absolute atomic E-state index is 5.44. The van der Waals surface area contributed by atoms with E-state index in [2.05, 4.69) is 122 Å². The SMILES string of the molecule is Cc1c(-c2c(-c3ccccc3)nnnc2-c2[se]c3ccccc3c2-c2ccccc2)nc2c(c1C)-c1ccccc1C2. The van der Waals surface area contributed by atoms with Crippen molar-refractivity contribution in [3.63, 3.8) is 0 Å². The number of nitrogens with zero attached hydrogens (tertiary/aromatic N) is 4. The van der Waals surface area contributed by atoms with E-state index in [1.54, 1.807) is 0 Å². The van der Waals surface area contributed by atoms with Gasteiger partial charge in [-0.2, -0.15) is 0 Å². The van der Waals surface area contributed by atoms with Crippen LogP contribution in [0.5, 0.6) is 0 Å². The van der Waals surface area contributed by atoms with Crippen molar-refractivity contribution in [1.82, 2.24) is 20.4 Å². The van der Waals surface area contributed by atoms with E-state index in [-0.39, 0.29) is 14.5 Å². The first kappa shape index (κ1) is 25.0. The van der Waals surface area contributed by atoms with Crippen molar-refractivity contribution in [3.8, 4) is 54.9 Å². The van der Waals surface area contributed by atoms with Crippen LogP contribution in [-0.2, 0) is 6.42 Å². The van der Waals surface area contributed by atoms with Crippen LogP contribution in [-0.4, -0.2) is 34.9 Å². The normalized spacial score (nSPS) is 12.0. The molecule has 0 saturated heterocycles. The van der Waals surface area contributed by atoms with Crippen LogP contribution >= 0.6 is 0 Å². The molecule has 0 N–H and O–H groups in total. The van der Waals surface area contributed by atoms with Crippen molar-refractivity contribution in [3.05, 3.63) is 132 Å². The van der Waals surface area contributed by atoms with Crippen LogP contribution in [0.4, 0.5) is 0 Å². The summed E-state index contributed by atoms with van der Waals surface area (Å²) in [4.78, 5) is 5.44. The van der Waals surface area contributed by atoms with Crippen molar-refractivity contribution in [2.75, 3.05) is 0 Å². The van der Waals surface area contributed by atoms with Gasteiger partial charge in [0.25, 0.3) is 0 Å². The monoisotopic (exact) mass is 606 g/mol. The molecule has 0 fully saturated rings. The molecule has 0 radical (unpaired) electrons. The quantitative estimate of drug-likeness (QED) is 0.189. The molecule has 3 heterocycles. The van der Waals surface area contributed by atoms with Gasteiger partial charge in [-0.3, -0.25) is 0 Å². The van der Waals surface area contributed by atoms with Crippen molar-refractivity contribution < 1.29 is 0 Å². The second-order valence-corrected chi connectivity index (χ2v) is 13.0. The molecule has 0 spiro atoms. The molecule has 1 aliphatic rings. The Hall–Kier alpha value is -4.70. The van der Waals surface area contributed by atoms with Gasteiger partial charge in [0.15, 0.2) is 0 Å². The van der Waals surface area contributed by atoms with Crippen LogP contribution in [0, 0.1) is 13.8 Å². The van der Waals surface area contributed by atoms with E-state index in [9.17, 15) is 0 Å². The van der Waals surface area contributed by atoms with Crippen LogP contribution in [0.25, 0.3) is 64.5 Å². The van der Waals surface area contributed by atoms with Gasteiger partial charge in [-0.25, -0.2) is 0 Å². The Morgan fingerprint density at radius 1 is 0.571 bits per heavy atom. The Morgan fingerprint density at radius 3 is 2.05 bits per heavy atom. The second kappa shape index (κ2) is 9.99. The van der Waals surface area contributed by atoms with Crippen molar-refractivity contribution in [2.24, 2.45) is 0 Å². The first-order valence-electron chi connectivity index (χ1n) is 14.1.